The van der Waals surface area contributed by atoms with Crippen molar-refractivity contribution in [1.82, 2.24) is 0 Å². The molecule has 7 atom stereocenters. The van der Waals surface area contributed by atoms with Crippen molar-refractivity contribution in [3.63, 3.8) is 0 Å². The van der Waals surface area contributed by atoms with Crippen molar-refractivity contribution in [3.8, 4) is 0 Å². The van der Waals surface area contributed by atoms with Crippen LogP contribution < -0.4 is 0 Å². The van der Waals surface area contributed by atoms with Crippen LogP contribution in [0.4, 0.5) is 0 Å². The lowest BCUT2D eigenvalue weighted by Crippen LogP contribution is -2.32. The molecule has 1 fully saturated rings. The Labute approximate surface area is 214 Å². The number of epoxide rings is 1. The fourth-order valence-electron chi connectivity index (χ4n) is 4.75. The molecule has 3 aliphatic rings. The van der Waals surface area contributed by atoms with Gasteiger partial charge in [-0.3, -0.25) is 0 Å². The van der Waals surface area contributed by atoms with Gasteiger partial charge in [0, 0.05) is 12.5 Å². The third-order valence-electron chi connectivity index (χ3n) is 6.74. The quantitative estimate of drug-likeness (QED) is 0.369. The van der Waals surface area contributed by atoms with Crippen LogP contribution >= 0.6 is 0 Å². The fraction of sp³-hybridized carbons (Fsp3) is 0.467. The van der Waals surface area contributed by atoms with Gasteiger partial charge in [-0.1, -0.05) is 72.4 Å². The highest BCUT2D eigenvalue weighted by molar-refractivity contribution is 5.82. The molecule has 3 heterocycles. The second kappa shape index (κ2) is 12.6. The van der Waals surface area contributed by atoms with Crippen molar-refractivity contribution < 1.29 is 29.2 Å². The van der Waals surface area contributed by atoms with Crippen LogP contribution in [0.25, 0.3) is 6.08 Å². The average molecular weight is 494 g/mol. The molecule has 4 rings (SSSR count). The van der Waals surface area contributed by atoms with Gasteiger partial charge in [-0.2, -0.15) is 0 Å². The Morgan fingerprint density at radius 2 is 2.03 bits per heavy atom. The number of benzene rings is 1. The Bertz CT molecular complexity index is 995. The minimum atomic E-state index is -1.02. The molecule has 1 saturated heterocycles. The molecule has 0 amide bonds. The molecule has 0 aromatic heterocycles. The zero-order valence-corrected chi connectivity index (χ0v) is 20.9. The lowest BCUT2D eigenvalue weighted by atomic mass is 9.97. The first-order valence-electron chi connectivity index (χ1n) is 12.8. The lowest BCUT2D eigenvalue weighted by Gasteiger charge is -2.25. The number of rotatable bonds is 3. The Morgan fingerprint density at radius 3 is 2.86 bits per heavy atom. The van der Waals surface area contributed by atoms with Crippen LogP contribution in [0, 0.1) is 13.3 Å². The third kappa shape index (κ3) is 8.00. The smallest absolute Gasteiger partial charge is 0.330 e. The van der Waals surface area contributed by atoms with E-state index in [0.29, 0.717) is 19.3 Å². The molecular formula is C30H37O6. The molecule has 0 saturated carbocycles. The third-order valence-corrected chi connectivity index (χ3v) is 6.74. The lowest BCUT2D eigenvalue weighted by molar-refractivity contribution is -0.147. The predicted octanol–water partition coefficient (Wildman–Crippen LogP) is 4.40. The van der Waals surface area contributed by atoms with Gasteiger partial charge in [0.2, 0.25) is 0 Å². The van der Waals surface area contributed by atoms with E-state index in [1.165, 1.54) is 6.08 Å². The first kappa shape index (κ1) is 26.6. The van der Waals surface area contributed by atoms with E-state index in [2.05, 4.69) is 19.1 Å². The number of aliphatic hydroxyl groups is 2. The number of hydrogen-bond donors (Lipinski definition) is 2. The van der Waals surface area contributed by atoms with Gasteiger partial charge in [-0.25, -0.2) is 4.79 Å². The highest BCUT2D eigenvalue weighted by Gasteiger charge is 2.46. The summed E-state index contributed by atoms with van der Waals surface area (Å²) in [6.45, 7) is 6.12. The van der Waals surface area contributed by atoms with Crippen LogP contribution in [0.15, 0.2) is 66.8 Å². The topological polar surface area (TPSA) is 88.5 Å². The number of carbonyl (C=O) groups is 1. The molecule has 1 radical (unpaired) electrons. The molecule has 1 aromatic carbocycles. The zero-order valence-electron chi connectivity index (χ0n) is 20.9. The number of aliphatic hydroxyl groups excluding tert-OH is 2. The van der Waals surface area contributed by atoms with Gasteiger partial charge in [-0.05, 0) is 51.0 Å². The molecule has 6 nitrogen and oxygen atoms in total. The van der Waals surface area contributed by atoms with E-state index in [-0.39, 0.29) is 30.8 Å². The van der Waals surface area contributed by atoms with Crippen LogP contribution in [0.5, 0.6) is 0 Å². The molecular weight excluding hydrogens is 456 g/mol. The first-order chi connectivity index (χ1) is 17.4. The summed E-state index contributed by atoms with van der Waals surface area (Å²) >= 11 is 0. The van der Waals surface area contributed by atoms with Gasteiger partial charge < -0.3 is 24.4 Å². The van der Waals surface area contributed by atoms with Crippen molar-refractivity contribution in [1.29, 1.82) is 0 Å². The molecule has 193 valence electrons. The van der Waals surface area contributed by atoms with E-state index < -0.39 is 24.3 Å². The molecule has 0 spiro atoms. The number of ether oxygens (including phenoxy) is 3. The highest BCUT2D eigenvalue weighted by Crippen LogP contribution is 2.34. The molecule has 1 unspecified atom stereocenters. The Kier molecular flexibility index (Phi) is 9.32. The second-order valence-electron chi connectivity index (χ2n) is 9.96. The fourth-order valence-corrected chi connectivity index (χ4v) is 4.75. The summed E-state index contributed by atoms with van der Waals surface area (Å²) in [5, 5.41) is 21.5. The van der Waals surface area contributed by atoms with E-state index in [1.807, 2.05) is 43.3 Å². The summed E-state index contributed by atoms with van der Waals surface area (Å²) < 4.78 is 17.5. The van der Waals surface area contributed by atoms with E-state index >= 15 is 0 Å². The molecule has 2 N–H and O–H groups in total. The number of hydrogen-bond acceptors (Lipinski definition) is 6. The van der Waals surface area contributed by atoms with Gasteiger partial charge in [0.05, 0.1) is 24.4 Å². The maximum Gasteiger partial charge on any atom is 0.330 e. The highest BCUT2D eigenvalue weighted by atomic mass is 16.6. The van der Waals surface area contributed by atoms with E-state index in [4.69, 9.17) is 14.2 Å². The second-order valence-corrected chi connectivity index (χ2v) is 9.96. The molecule has 3 aliphatic heterocycles. The van der Waals surface area contributed by atoms with Gasteiger partial charge in [0.1, 0.15) is 18.3 Å². The van der Waals surface area contributed by atoms with E-state index in [1.54, 1.807) is 12.2 Å². The minimum Gasteiger partial charge on any atom is -0.456 e. The van der Waals surface area contributed by atoms with Gasteiger partial charge in [0.25, 0.3) is 0 Å². The van der Waals surface area contributed by atoms with Crippen molar-refractivity contribution >= 4 is 12.0 Å². The molecule has 1 aromatic rings. The van der Waals surface area contributed by atoms with Crippen molar-refractivity contribution in [2.24, 2.45) is 0 Å². The standard InChI is InChI=1S/C30H37O6/c1-20-7-3-9-22(17-20)15-16-25(31)27-19-28-30(36-28)26(32)18-21(2)8-4-10-23-11-5-12-24(34-23)13-6-14-29(33)35-27/h3-7,9,12,14-17,23-28,30-32H,2,8,10-11,13,18-19H2,1H3/b14-6-,16-15+/t23-,24+,25+,26+,27?,28+,30+/m1/s1. The SMILES string of the molecule is C=C1C[CH]C[C@@H]2CC=C[C@@H](C/C=C\C(=O)OC([C@@H](O)/C=C/c3cccc(C)c3)C[C@@H]3O[C@H]3[C@@H](O)C1)O2. The van der Waals surface area contributed by atoms with E-state index in [9.17, 15) is 15.0 Å². The summed E-state index contributed by atoms with van der Waals surface area (Å²) in [6.07, 6.45) is 13.4. The van der Waals surface area contributed by atoms with Crippen LogP contribution in [0.3, 0.4) is 0 Å². The molecule has 2 bridgehead atoms. The Balaban J connectivity index is 1.46. The number of fused-ring (bicyclic) bond motifs is 3. The van der Waals surface area contributed by atoms with Crippen LogP contribution in [0.2, 0.25) is 0 Å². The summed E-state index contributed by atoms with van der Waals surface area (Å²) in [5.74, 6) is -0.528. The van der Waals surface area contributed by atoms with Crippen LogP contribution in [0.1, 0.15) is 49.7 Å². The van der Waals surface area contributed by atoms with Gasteiger partial charge >= 0.3 is 5.97 Å². The molecule has 0 aliphatic carbocycles. The van der Waals surface area contributed by atoms with Crippen molar-refractivity contribution in [2.45, 2.75) is 88.2 Å². The normalized spacial score (nSPS) is 33.8. The largest absolute Gasteiger partial charge is 0.456 e. The zero-order chi connectivity index (χ0) is 25.5. The minimum absolute atomic E-state index is 0.0906. The predicted molar refractivity (Wildman–Crippen MR) is 139 cm³/mol. The Hall–Kier alpha value is -2.51. The molecule has 6 heteroatoms. The van der Waals surface area contributed by atoms with Gasteiger partial charge in [0.15, 0.2) is 0 Å². The van der Waals surface area contributed by atoms with E-state index in [0.717, 1.165) is 29.5 Å². The number of carbonyl (C=O) groups excluding carboxylic acids is 1. The number of cyclic esters (lactones) is 1. The number of esters is 1. The van der Waals surface area contributed by atoms with Crippen molar-refractivity contribution in [2.75, 3.05) is 0 Å². The number of aryl methyl sites for hydroxylation is 1. The first-order valence-corrected chi connectivity index (χ1v) is 12.8. The van der Waals surface area contributed by atoms with Crippen LogP contribution in [-0.2, 0) is 19.0 Å². The maximum atomic E-state index is 12.6. The molecule has 36 heavy (non-hydrogen) atoms. The summed E-state index contributed by atoms with van der Waals surface area (Å²) in [7, 11) is 0. The van der Waals surface area contributed by atoms with Crippen molar-refractivity contribution in [3.05, 3.63) is 84.3 Å². The average Bonchev–Trinajstić information content (AvgIpc) is 3.61. The van der Waals surface area contributed by atoms with Crippen LogP contribution in [-0.4, -0.2) is 58.9 Å². The summed E-state index contributed by atoms with van der Waals surface area (Å²) in [4.78, 5) is 12.6. The Morgan fingerprint density at radius 1 is 1.17 bits per heavy atom. The monoisotopic (exact) mass is 493 g/mol. The maximum absolute atomic E-state index is 12.6. The summed E-state index contributed by atoms with van der Waals surface area (Å²) in [6, 6.07) is 7.91. The van der Waals surface area contributed by atoms with Gasteiger partial charge in [-0.15, -0.1) is 0 Å². The summed E-state index contributed by atoms with van der Waals surface area (Å²) in [5.41, 5.74) is 3.00.